The highest BCUT2D eigenvalue weighted by molar-refractivity contribution is 5.85. The Kier molecular flexibility index (Phi) is 8.52. The topological polar surface area (TPSA) is 167 Å². The summed E-state index contributed by atoms with van der Waals surface area (Å²) in [6.07, 6.45) is -2.01. The number of imidazole rings is 1. The number of nitrogens with one attached hydrogen (secondary N) is 3. The fraction of sp³-hybridized carbons (Fsp3) is 0.419. The number of ether oxygens (including phenoxy) is 1. The third kappa shape index (κ3) is 6.04. The zero-order valence-corrected chi connectivity index (χ0v) is 23.9. The standard InChI is InChI=1S/C31H37N7O5/c1-2-32-29(42)26-24(40)25(41)30(43-26)38-17-34-23-27(36-31(37-28(23)38)35-20-13-14-21(39)15-20)33-16-22(18-9-5-3-6-10-18)19-11-7-4-8-12-19/h3-12,17,20-22,24-26,30,39-41H,2,13-16H2,1H3,(H,32,42)(H2,33,35,36,37)/t20-,21-,24+,25-,26+,30-/m1/s1. The summed E-state index contributed by atoms with van der Waals surface area (Å²) < 4.78 is 7.39. The minimum absolute atomic E-state index is 0.00433. The third-order valence-electron chi connectivity index (χ3n) is 8.16. The van der Waals surface area contributed by atoms with Gasteiger partial charge in [0.1, 0.15) is 12.2 Å². The van der Waals surface area contributed by atoms with Crippen LogP contribution in [0.4, 0.5) is 11.8 Å². The molecule has 12 nitrogen and oxygen atoms in total. The van der Waals surface area contributed by atoms with Gasteiger partial charge in [-0.3, -0.25) is 9.36 Å². The number of likely N-dealkylation sites (N-methyl/N-ethyl adjacent to an activating group) is 1. The second-order valence-corrected chi connectivity index (χ2v) is 11.1. The Morgan fingerprint density at radius 2 is 1.70 bits per heavy atom. The van der Waals surface area contributed by atoms with Crippen LogP contribution in [0.3, 0.4) is 0 Å². The second kappa shape index (κ2) is 12.6. The van der Waals surface area contributed by atoms with Crippen molar-refractivity contribution in [3.8, 4) is 0 Å². The summed E-state index contributed by atoms with van der Waals surface area (Å²) in [6.45, 7) is 2.63. The van der Waals surface area contributed by atoms with Crippen molar-refractivity contribution in [3.63, 3.8) is 0 Å². The lowest BCUT2D eigenvalue weighted by Gasteiger charge is -2.20. The van der Waals surface area contributed by atoms with Gasteiger partial charge in [0.05, 0.1) is 12.4 Å². The van der Waals surface area contributed by atoms with E-state index in [4.69, 9.17) is 14.7 Å². The minimum atomic E-state index is -1.43. The zero-order chi connectivity index (χ0) is 29.9. The largest absolute Gasteiger partial charge is 0.393 e. The van der Waals surface area contributed by atoms with E-state index in [1.165, 1.54) is 10.9 Å². The maximum Gasteiger partial charge on any atom is 0.252 e. The molecule has 6 atom stereocenters. The number of hydrogen-bond donors (Lipinski definition) is 6. The first-order valence-corrected chi connectivity index (χ1v) is 14.7. The number of carbonyl (C=O) groups excluding carboxylic acids is 1. The molecule has 1 saturated carbocycles. The molecular formula is C31H37N7O5. The summed E-state index contributed by atoms with van der Waals surface area (Å²) >= 11 is 0. The van der Waals surface area contributed by atoms with Crippen LogP contribution < -0.4 is 16.0 Å². The smallest absolute Gasteiger partial charge is 0.252 e. The van der Waals surface area contributed by atoms with Crippen LogP contribution in [0.15, 0.2) is 67.0 Å². The number of amides is 1. The van der Waals surface area contributed by atoms with Gasteiger partial charge in [0, 0.05) is 25.0 Å². The SMILES string of the molecule is CCNC(=O)[C@H]1O[C@@H](n2cnc3c(NCC(c4ccccc4)c4ccccc4)nc(N[C@@H]4CC[C@@H](O)C4)nc32)[C@H](O)[C@@H]1O. The number of aliphatic hydroxyl groups excluding tert-OH is 3. The molecule has 1 aliphatic carbocycles. The third-order valence-corrected chi connectivity index (χ3v) is 8.16. The van der Waals surface area contributed by atoms with Crippen molar-refractivity contribution < 1.29 is 24.9 Å². The summed E-state index contributed by atoms with van der Waals surface area (Å²) in [7, 11) is 0. The molecule has 226 valence electrons. The molecule has 2 aliphatic rings. The molecule has 0 radical (unpaired) electrons. The van der Waals surface area contributed by atoms with Gasteiger partial charge < -0.3 is 36.0 Å². The Morgan fingerprint density at radius 1 is 1.00 bits per heavy atom. The predicted molar refractivity (Wildman–Crippen MR) is 160 cm³/mol. The first-order chi connectivity index (χ1) is 20.9. The number of nitrogens with zero attached hydrogens (tertiary/aromatic N) is 4. The van der Waals surface area contributed by atoms with Crippen molar-refractivity contribution >= 4 is 28.8 Å². The van der Waals surface area contributed by atoms with E-state index in [9.17, 15) is 20.1 Å². The number of fused-ring (bicyclic) bond motifs is 1. The van der Waals surface area contributed by atoms with Gasteiger partial charge >= 0.3 is 0 Å². The number of benzene rings is 2. The summed E-state index contributed by atoms with van der Waals surface area (Å²) in [5.41, 5.74) is 3.09. The minimum Gasteiger partial charge on any atom is -0.393 e. The Hall–Kier alpha value is -4.10. The number of aromatic nitrogens is 4. The molecule has 43 heavy (non-hydrogen) atoms. The lowest BCUT2D eigenvalue weighted by Crippen LogP contribution is -2.42. The molecule has 0 unspecified atom stereocenters. The lowest BCUT2D eigenvalue weighted by atomic mass is 9.91. The Balaban J connectivity index is 1.35. The number of anilines is 2. The van der Waals surface area contributed by atoms with Gasteiger partial charge in [-0.1, -0.05) is 60.7 Å². The summed E-state index contributed by atoms with van der Waals surface area (Å²) in [5, 5.41) is 41.1. The summed E-state index contributed by atoms with van der Waals surface area (Å²) in [5.74, 6) is 0.326. The molecular weight excluding hydrogens is 550 g/mol. The fourth-order valence-corrected chi connectivity index (χ4v) is 5.94. The van der Waals surface area contributed by atoms with Crippen LogP contribution in [0.1, 0.15) is 49.5 Å². The number of aliphatic hydroxyl groups is 3. The maximum atomic E-state index is 12.5. The highest BCUT2D eigenvalue weighted by Crippen LogP contribution is 2.34. The second-order valence-electron chi connectivity index (χ2n) is 11.1. The molecule has 6 rings (SSSR count). The van der Waals surface area contributed by atoms with Crippen LogP contribution in [0.2, 0.25) is 0 Å². The maximum absolute atomic E-state index is 12.5. The molecule has 0 bridgehead atoms. The van der Waals surface area contributed by atoms with Crippen LogP contribution in [-0.2, 0) is 9.53 Å². The molecule has 3 heterocycles. The van der Waals surface area contributed by atoms with Gasteiger partial charge in [-0.15, -0.1) is 0 Å². The quantitative estimate of drug-likeness (QED) is 0.162. The molecule has 0 spiro atoms. The number of hydrogen-bond acceptors (Lipinski definition) is 10. The van der Waals surface area contributed by atoms with Crippen LogP contribution in [0.25, 0.3) is 11.2 Å². The number of carbonyl (C=O) groups is 1. The monoisotopic (exact) mass is 587 g/mol. The van der Waals surface area contributed by atoms with Crippen LogP contribution in [0.5, 0.6) is 0 Å². The van der Waals surface area contributed by atoms with E-state index in [0.717, 1.165) is 17.5 Å². The molecule has 12 heteroatoms. The molecule has 2 aromatic heterocycles. The first kappa shape index (κ1) is 29.0. The molecule has 2 fully saturated rings. The molecule has 4 aromatic rings. The van der Waals surface area contributed by atoms with Gasteiger partial charge in [-0.05, 0) is 37.3 Å². The fourth-order valence-electron chi connectivity index (χ4n) is 5.94. The molecule has 1 amide bonds. The average Bonchev–Trinajstić information content (AvgIpc) is 3.71. The van der Waals surface area contributed by atoms with E-state index in [0.29, 0.717) is 48.9 Å². The zero-order valence-electron chi connectivity index (χ0n) is 23.9. The average molecular weight is 588 g/mol. The highest BCUT2D eigenvalue weighted by atomic mass is 16.6. The molecule has 2 aromatic carbocycles. The van der Waals surface area contributed by atoms with Crippen LogP contribution in [-0.4, -0.2) is 84.3 Å². The Labute approximate surface area is 249 Å². The molecule has 1 aliphatic heterocycles. The van der Waals surface area contributed by atoms with Crippen molar-refractivity contribution in [1.29, 1.82) is 0 Å². The van der Waals surface area contributed by atoms with Gasteiger partial charge in [-0.25, -0.2) is 4.98 Å². The summed E-state index contributed by atoms with van der Waals surface area (Å²) in [4.78, 5) is 26.6. The molecule has 6 N–H and O–H groups in total. The van der Waals surface area contributed by atoms with Crippen molar-refractivity contribution in [2.75, 3.05) is 23.7 Å². The lowest BCUT2D eigenvalue weighted by molar-refractivity contribution is -0.137. The van der Waals surface area contributed by atoms with Crippen molar-refractivity contribution in [3.05, 3.63) is 78.1 Å². The Bertz CT molecular complexity index is 1500. The first-order valence-electron chi connectivity index (χ1n) is 14.7. The van der Waals surface area contributed by atoms with Crippen molar-refractivity contribution in [2.45, 2.75) is 68.8 Å². The van der Waals surface area contributed by atoms with Crippen molar-refractivity contribution in [1.82, 2.24) is 24.8 Å². The van der Waals surface area contributed by atoms with E-state index in [-0.39, 0.29) is 18.1 Å². The predicted octanol–water partition coefficient (Wildman–Crippen LogP) is 2.15. The normalized spacial score (nSPS) is 25.3. The van der Waals surface area contributed by atoms with Crippen LogP contribution in [0, 0.1) is 0 Å². The highest BCUT2D eigenvalue weighted by Gasteiger charge is 2.47. The van der Waals surface area contributed by atoms with E-state index >= 15 is 0 Å². The van der Waals surface area contributed by atoms with E-state index in [1.807, 2.05) is 36.4 Å². The van der Waals surface area contributed by atoms with Gasteiger partial charge in [0.15, 0.2) is 29.3 Å². The number of rotatable bonds is 10. The summed E-state index contributed by atoms with van der Waals surface area (Å²) in [6, 6.07) is 20.4. The van der Waals surface area contributed by atoms with Crippen LogP contribution >= 0.6 is 0 Å². The van der Waals surface area contributed by atoms with Crippen molar-refractivity contribution in [2.24, 2.45) is 0 Å². The van der Waals surface area contributed by atoms with Gasteiger partial charge in [-0.2, -0.15) is 9.97 Å². The van der Waals surface area contributed by atoms with E-state index in [1.54, 1.807) is 6.92 Å². The van der Waals surface area contributed by atoms with Gasteiger partial charge in [0.2, 0.25) is 5.95 Å². The molecule has 1 saturated heterocycles. The van der Waals surface area contributed by atoms with Gasteiger partial charge in [0.25, 0.3) is 5.91 Å². The Morgan fingerprint density at radius 3 is 2.33 bits per heavy atom. The van der Waals surface area contributed by atoms with E-state index < -0.39 is 30.4 Å². The van der Waals surface area contributed by atoms with E-state index in [2.05, 4.69) is 45.2 Å².